The Morgan fingerprint density at radius 2 is 1.70 bits per heavy atom. The summed E-state index contributed by atoms with van der Waals surface area (Å²) in [5.74, 6) is -0.810. The van der Waals surface area contributed by atoms with Crippen molar-refractivity contribution in [2.45, 2.75) is 82.3 Å². The molecule has 2 heterocycles. The molecule has 57 heavy (non-hydrogen) atoms. The predicted octanol–water partition coefficient (Wildman–Crippen LogP) is 4.88. The molecule has 0 bridgehead atoms. The summed E-state index contributed by atoms with van der Waals surface area (Å²) >= 11 is 0. The molecule has 0 saturated carbocycles. The molecular weight excluding hydrogens is 804 g/mol. The van der Waals surface area contributed by atoms with Gasteiger partial charge in [0.1, 0.15) is 17.6 Å². The molecule has 4 rings (SSSR count). The number of aliphatic hydroxyl groups is 1. The van der Waals surface area contributed by atoms with Gasteiger partial charge in [-0.05, 0) is 74.6 Å². The van der Waals surface area contributed by atoms with Crippen LogP contribution in [-0.2, 0) is 53.8 Å². The molecular formula is C36H50F3N2O14PS. The Morgan fingerprint density at radius 1 is 1.04 bits per heavy atom. The Labute approximate surface area is 329 Å². The van der Waals surface area contributed by atoms with Crippen LogP contribution < -0.4 is 14.8 Å². The number of hydrogen-bond acceptors (Lipinski definition) is 14. The number of sulfonamides is 1. The number of halogens is 3. The van der Waals surface area contributed by atoms with Gasteiger partial charge in [-0.1, -0.05) is 26.0 Å². The van der Waals surface area contributed by atoms with Gasteiger partial charge in [0.2, 0.25) is 10.0 Å². The van der Waals surface area contributed by atoms with Crippen LogP contribution in [0.2, 0.25) is 0 Å². The molecule has 1 unspecified atom stereocenters. The van der Waals surface area contributed by atoms with Crippen molar-refractivity contribution in [3.05, 3.63) is 54.1 Å². The average molecular weight is 855 g/mol. The normalized spacial score (nSPS) is 21.0. The third-order valence-corrected chi connectivity index (χ3v) is 12.2. The summed E-state index contributed by atoms with van der Waals surface area (Å²) in [6.45, 7) is 4.48. The number of alkyl halides is 3. The highest BCUT2D eigenvalue weighted by molar-refractivity contribution is 7.89. The molecule has 1 amide bonds. The summed E-state index contributed by atoms with van der Waals surface area (Å²) < 4.78 is 123. The molecule has 2 aromatic carbocycles. The van der Waals surface area contributed by atoms with Gasteiger partial charge in [0, 0.05) is 13.1 Å². The first-order valence-corrected chi connectivity index (χ1v) is 21.4. The second-order valence-electron chi connectivity index (χ2n) is 13.8. The molecule has 2 N–H and O–H groups in total. The van der Waals surface area contributed by atoms with E-state index in [2.05, 4.69) is 9.84 Å². The van der Waals surface area contributed by atoms with Gasteiger partial charge < -0.3 is 38.8 Å². The third-order valence-electron chi connectivity index (χ3n) is 8.80. The van der Waals surface area contributed by atoms with E-state index in [1.807, 2.05) is 13.8 Å². The molecule has 0 spiro atoms. The van der Waals surface area contributed by atoms with Crippen LogP contribution in [0.15, 0.2) is 53.4 Å². The third kappa shape index (κ3) is 13.8. The van der Waals surface area contributed by atoms with Gasteiger partial charge in [-0.2, -0.15) is 17.5 Å². The van der Waals surface area contributed by atoms with E-state index in [0.717, 1.165) is 11.2 Å². The number of hydrogen-bond donors (Lipinski definition) is 2. The van der Waals surface area contributed by atoms with Crippen LogP contribution >= 0.6 is 7.60 Å². The number of carbonyl (C=O) groups is 2. The SMILES string of the molecule is CCOC(=O)[C@@H](C)OP(=O)(COc1ccc(C[C@H](NC(=O)O[C@H]2CO[C@H]3OCC[C@H]32)[C@H](O)CN(CC(C)C)S(=O)(=O)c2ccc(OC)cc2)cc1)OCC(F)(F)F. The second-order valence-corrected chi connectivity index (χ2v) is 17.7. The topological polar surface area (TPSA) is 195 Å². The highest BCUT2D eigenvalue weighted by Gasteiger charge is 2.44. The van der Waals surface area contributed by atoms with Crippen molar-refractivity contribution in [1.29, 1.82) is 0 Å². The minimum absolute atomic E-state index is 0.0229. The summed E-state index contributed by atoms with van der Waals surface area (Å²) in [6.07, 6.45) is -10.3. The highest BCUT2D eigenvalue weighted by Crippen LogP contribution is 2.50. The molecule has 2 fully saturated rings. The molecule has 2 aliphatic rings. The van der Waals surface area contributed by atoms with Crippen LogP contribution in [0.25, 0.3) is 0 Å². The van der Waals surface area contributed by atoms with E-state index in [-0.39, 0.29) is 48.7 Å². The summed E-state index contributed by atoms with van der Waals surface area (Å²) in [4.78, 5) is 25.3. The number of rotatable bonds is 21. The number of ether oxygens (including phenoxy) is 6. The molecule has 16 nitrogen and oxygen atoms in total. The molecule has 320 valence electrons. The molecule has 21 heteroatoms. The number of amides is 1. The van der Waals surface area contributed by atoms with Crippen LogP contribution in [0.5, 0.6) is 11.5 Å². The number of nitrogens with one attached hydrogen (secondary N) is 1. The number of fused-ring (bicyclic) bond motifs is 1. The summed E-state index contributed by atoms with van der Waals surface area (Å²) in [7, 11) is -7.36. The number of benzene rings is 2. The van der Waals surface area contributed by atoms with Gasteiger partial charge in [0.05, 0.1) is 49.9 Å². The van der Waals surface area contributed by atoms with Gasteiger partial charge in [0.15, 0.2) is 25.3 Å². The maximum Gasteiger partial charge on any atom is 0.412 e. The number of alkyl carbamates (subject to hydrolysis) is 1. The molecule has 7 atom stereocenters. The van der Waals surface area contributed by atoms with E-state index in [1.54, 1.807) is 0 Å². The Balaban J connectivity index is 1.52. The average Bonchev–Trinajstić information content (AvgIpc) is 3.78. The first-order chi connectivity index (χ1) is 26.8. The summed E-state index contributed by atoms with van der Waals surface area (Å²) in [5.41, 5.74) is 0.497. The molecule has 0 radical (unpaired) electrons. The number of carbonyl (C=O) groups excluding carboxylic acids is 2. The predicted molar refractivity (Wildman–Crippen MR) is 196 cm³/mol. The van der Waals surface area contributed by atoms with Crippen molar-refractivity contribution in [2.75, 3.05) is 53.0 Å². The molecule has 0 aliphatic carbocycles. The zero-order valence-corrected chi connectivity index (χ0v) is 33.9. The smallest absolute Gasteiger partial charge is 0.412 e. The fourth-order valence-corrected chi connectivity index (χ4v) is 9.04. The summed E-state index contributed by atoms with van der Waals surface area (Å²) in [5, 5.41) is 14.3. The lowest BCUT2D eigenvalue weighted by Gasteiger charge is -2.31. The molecule has 0 aromatic heterocycles. The maximum absolute atomic E-state index is 13.8. The first-order valence-electron chi connectivity index (χ1n) is 18.2. The van der Waals surface area contributed by atoms with E-state index in [4.69, 9.17) is 32.9 Å². The van der Waals surface area contributed by atoms with Crippen molar-refractivity contribution < 1.29 is 78.3 Å². The summed E-state index contributed by atoms with van der Waals surface area (Å²) in [6, 6.07) is 10.5. The zero-order chi connectivity index (χ0) is 42.0. The van der Waals surface area contributed by atoms with Gasteiger partial charge in [-0.3, -0.25) is 13.6 Å². The van der Waals surface area contributed by atoms with Crippen molar-refractivity contribution in [1.82, 2.24) is 9.62 Å². The largest absolute Gasteiger partial charge is 0.497 e. The number of esters is 1. The van der Waals surface area contributed by atoms with Crippen molar-refractivity contribution in [2.24, 2.45) is 11.8 Å². The lowest BCUT2D eigenvalue weighted by Crippen LogP contribution is -2.51. The minimum atomic E-state index is -4.86. The van der Waals surface area contributed by atoms with Crippen LogP contribution in [0.3, 0.4) is 0 Å². The van der Waals surface area contributed by atoms with E-state index in [9.17, 15) is 40.8 Å². The molecule has 2 saturated heterocycles. The van der Waals surface area contributed by atoms with Gasteiger partial charge >= 0.3 is 25.8 Å². The Hall–Kier alpha value is -3.49. The minimum Gasteiger partial charge on any atom is -0.497 e. The van der Waals surface area contributed by atoms with Gasteiger partial charge in [-0.25, -0.2) is 18.0 Å². The van der Waals surface area contributed by atoms with Crippen molar-refractivity contribution in [3.8, 4) is 11.5 Å². The van der Waals surface area contributed by atoms with Crippen LogP contribution in [0.1, 0.15) is 39.7 Å². The van der Waals surface area contributed by atoms with Gasteiger partial charge in [0.25, 0.3) is 0 Å². The molecule has 2 aromatic rings. The highest BCUT2D eigenvalue weighted by atomic mass is 32.2. The van der Waals surface area contributed by atoms with E-state index < -0.39 is 86.0 Å². The Morgan fingerprint density at radius 3 is 2.32 bits per heavy atom. The first kappa shape index (κ1) is 46.2. The molecule has 2 aliphatic heterocycles. The number of nitrogens with zero attached hydrogens (tertiary/aromatic N) is 1. The van der Waals surface area contributed by atoms with Crippen molar-refractivity contribution in [3.63, 3.8) is 0 Å². The lowest BCUT2D eigenvalue weighted by molar-refractivity contribution is -0.158. The monoisotopic (exact) mass is 854 g/mol. The van der Waals surface area contributed by atoms with Gasteiger partial charge in [-0.15, -0.1) is 0 Å². The standard InChI is InChI=1S/C36H50F3N2O14PS/c1-6-49-33(43)24(4)55-56(45,53-21-36(37,38)39)22-52-27-9-7-25(8-10-27)17-30(40-35(44)54-32-20-51-34-29(32)15-16-50-34)31(42)19-41(18-23(2)3)57(46,47)28-13-11-26(48-5)12-14-28/h7-14,23-24,29-32,34,42H,6,15-22H2,1-5H3,(H,40,44)/t24-,29+,30+,31-,32+,34-,56?/m1/s1. The fraction of sp³-hybridized carbons (Fsp3) is 0.611. The Bertz CT molecular complexity index is 1770. The Kier molecular flexibility index (Phi) is 16.6. The van der Waals surface area contributed by atoms with E-state index >= 15 is 0 Å². The second kappa shape index (κ2) is 20.5. The number of methoxy groups -OCH3 is 1. The van der Waals surface area contributed by atoms with Crippen LogP contribution in [-0.4, -0.2) is 120 Å². The lowest BCUT2D eigenvalue weighted by atomic mass is 10.0. The van der Waals surface area contributed by atoms with Crippen LogP contribution in [0.4, 0.5) is 18.0 Å². The number of aliphatic hydroxyl groups excluding tert-OH is 1. The zero-order valence-electron chi connectivity index (χ0n) is 32.2. The quantitative estimate of drug-likeness (QED) is 0.127. The maximum atomic E-state index is 13.8. The van der Waals surface area contributed by atoms with Crippen LogP contribution in [0, 0.1) is 11.8 Å². The van der Waals surface area contributed by atoms with E-state index in [1.165, 1.54) is 62.6 Å². The van der Waals surface area contributed by atoms with E-state index in [0.29, 0.717) is 24.3 Å². The van der Waals surface area contributed by atoms with Crippen molar-refractivity contribution >= 4 is 29.7 Å². The fourth-order valence-electron chi connectivity index (χ4n) is 6.01.